The average Bonchev–Trinajstić information content (AvgIpc) is 2.58. The van der Waals surface area contributed by atoms with Gasteiger partial charge in [0.1, 0.15) is 0 Å². The van der Waals surface area contributed by atoms with Crippen molar-refractivity contribution in [2.24, 2.45) is 0 Å². The van der Waals surface area contributed by atoms with Gasteiger partial charge in [0.2, 0.25) is 5.43 Å². The monoisotopic (exact) mass is 333 g/mol. The molecule has 2 aromatic carbocycles. The van der Waals surface area contributed by atoms with Gasteiger partial charge in [0, 0.05) is 18.0 Å². The number of amides is 1. The van der Waals surface area contributed by atoms with E-state index in [-0.39, 0.29) is 5.69 Å². The summed E-state index contributed by atoms with van der Waals surface area (Å²) in [5, 5.41) is 6.95. The Bertz CT molecular complexity index is 1010. The predicted molar refractivity (Wildman–Crippen MR) is 98.4 cm³/mol. The van der Waals surface area contributed by atoms with E-state index in [1.54, 1.807) is 6.20 Å². The minimum Gasteiger partial charge on any atom is -0.320 e. The molecule has 5 heteroatoms. The van der Waals surface area contributed by atoms with Crippen LogP contribution in [-0.4, -0.2) is 15.7 Å². The first-order chi connectivity index (χ1) is 11.9. The quantitative estimate of drug-likeness (QED) is 0.799. The highest BCUT2D eigenvalue weighted by atomic mass is 16.2. The van der Waals surface area contributed by atoms with Crippen LogP contribution in [-0.2, 0) is 0 Å². The molecular weight excluding hydrogens is 314 g/mol. The van der Waals surface area contributed by atoms with E-state index in [4.69, 9.17) is 0 Å². The molecule has 0 fully saturated rings. The zero-order chi connectivity index (χ0) is 18.0. The number of nitrogens with one attached hydrogen (secondary N) is 1. The van der Waals surface area contributed by atoms with Crippen LogP contribution in [0.15, 0.2) is 59.5 Å². The lowest BCUT2D eigenvalue weighted by molar-refractivity contribution is 0.101. The van der Waals surface area contributed by atoms with Gasteiger partial charge in [-0.3, -0.25) is 9.59 Å². The lowest BCUT2D eigenvalue weighted by atomic mass is 10.1. The SMILES string of the molecule is Cc1cccc(-n2ccc(=O)c(C(=O)Nc3ccc(C)c(C)c3)n2)c1. The van der Waals surface area contributed by atoms with Gasteiger partial charge in [-0.05, 0) is 61.7 Å². The topological polar surface area (TPSA) is 64.0 Å². The molecule has 126 valence electrons. The highest BCUT2D eigenvalue weighted by Gasteiger charge is 2.14. The molecular formula is C20H19N3O2. The number of benzene rings is 2. The van der Waals surface area contributed by atoms with Crippen LogP contribution < -0.4 is 10.7 Å². The molecule has 0 unspecified atom stereocenters. The Hall–Kier alpha value is -3.21. The number of hydrogen-bond acceptors (Lipinski definition) is 3. The molecule has 1 heterocycles. The maximum Gasteiger partial charge on any atom is 0.280 e. The Labute approximate surface area is 145 Å². The molecule has 1 amide bonds. The molecule has 0 radical (unpaired) electrons. The maximum absolute atomic E-state index is 12.5. The molecule has 0 aliphatic carbocycles. The Kier molecular flexibility index (Phi) is 4.48. The third-order valence-corrected chi connectivity index (χ3v) is 4.05. The lowest BCUT2D eigenvalue weighted by Crippen LogP contribution is -2.25. The molecule has 25 heavy (non-hydrogen) atoms. The van der Waals surface area contributed by atoms with Crippen LogP contribution >= 0.6 is 0 Å². The van der Waals surface area contributed by atoms with Crippen molar-refractivity contribution in [2.45, 2.75) is 20.8 Å². The van der Waals surface area contributed by atoms with Crippen molar-refractivity contribution in [2.75, 3.05) is 5.32 Å². The standard InChI is InChI=1S/C20H19N3O2/c1-13-5-4-6-17(11-13)23-10-9-18(24)19(22-23)20(25)21-16-8-7-14(2)15(3)12-16/h4-12H,1-3H3,(H,21,25). The third kappa shape index (κ3) is 3.66. The summed E-state index contributed by atoms with van der Waals surface area (Å²) in [6.45, 7) is 5.94. The molecule has 0 aliphatic heterocycles. The number of hydrogen-bond donors (Lipinski definition) is 1. The van der Waals surface area contributed by atoms with Gasteiger partial charge >= 0.3 is 0 Å². The van der Waals surface area contributed by atoms with E-state index in [1.165, 1.54) is 10.7 Å². The number of nitrogens with zero attached hydrogens (tertiary/aromatic N) is 2. The fourth-order valence-corrected chi connectivity index (χ4v) is 2.49. The first-order valence-corrected chi connectivity index (χ1v) is 8.00. The molecule has 3 rings (SSSR count). The van der Waals surface area contributed by atoms with Crippen LogP contribution in [0, 0.1) is 20.8 Å². The van der Waals surface area contributed by atoms with Crippen molar-refractivity contribution < 1.29 is 4.79 Å². The number of aromatic nitrogens is 2. The number of aryl methyl sites for hydroxylation is 3. The highest BCUT2D eigenvalue weighted by molar-refractivity contribution is 6.02. The van der Waals surface area contributed by atoms with Gasteiger partial charge in [-0.15, -0.1) is 0 Å². The first-order valence-electron chi connectivity index (χ1n) is 8.00. The van der Waals surface area contributed by atoms with E-state index in [9.17, 15) is 9.59 Å². The molecule has 0 saturated carbocycles. The van der Waals surface area contributed by atoms with Gasteiger partial charge in [-0.25, -0.2) is 4.68 Å². The maximum atomic E-state index is 12.5. The molecule has 1 N–H and O–H groups in total. The van der Waals surface area contributed by atoms with E-state index >= 15 is 0 Å². The first kappa shape index (κ1) is 16.6. The van der Waals surface area contributed by atoms with Gasteiger partial charge in [-0.2, -0.15) is 5.10 Å². The van der Waals surface area contributed by atoms with Crippen LogP contribution in [0.1, 0.15) is 27.2 Å². The smallest absolute Gasteiger partial charge is 0.280 e. The van der Waals surface area contributed by atoms with Gasteiger partial charge in [0.05, 0.1) is 5.69 Å². The van der Waals surface area contributed by atoms with E-state index in [2.05, 4.69) is 10.4 Å². The van der Waals surface area contributed by atoms with Gasteiger partial charge in [0.25, 0.3) is 5.91 Å². The highest BCUT2D eigenvalue weighted by Crippen LogP contribution is 2.15. The molecule has 0 spiro atoms. The fraction of sp³-hybridized carbons (Fsp3) is 0.150. The summed E-state index contributed by atoms with van der Waals surface area (Å²) in [5.41, 5.74) is 4.15. The van der Waals surface area contributed by atoms with Crippen LogP contribution in [0.25, 0.3) is 5.69 Å². The van der Waals surface area contributed by atoms with Gasteiger partial charge in [-0.1, -0.05) is 18.2 Å². The molecule has 0 aliphatic rings. The van der Waals surface area contributed by atoms with Gasteiger partial charge in [0.15, 0.2) is 5.69 Å². The van der Waals surface area contributed by atoms with Crippen molar-refractivity contribution in [3.05, 3.63) is 87.3 Å². The van der Waals surface area contributed by atoms with Crippen LogP contribution in [0.4, 0.5) is 5.69 Å². The van der Waals surface area contributed by atoms with Crippen LogP contribution in [0.5, 0.6) is 0 Å². The van der Waals surface area contributed by atoms with Crippen molar-refractivity contribution in [3.63, 3.8) is 0 Å². The van der Waals surface area contributed by atoms with Crippen molar-refractivity contribution in [1.82, 2.24) is 9.78 Å². The minimum absolute atomic E-state index is 0.137. The second-order valence-electron chi connectivity index (χ2n) is 6.07. The fourth-order valence-electron chi connectivity index (χ4n) is 2.49. The molecule has 5 nitrogen and oxygen atoms in total. The Morgan fingerprint density at radius 1 is 1.00 bits per heavy atom. The number of rotatable bonds is 3. The molecule has 0 atom stereocenters. The summed E-state index contributed by atoms with van der Waals surface area (Å²) in [6.07, 6.45) is 1.56. The summed E-state index contributed by atoms with van der Waals surface area (Å²) in [7, 11) is 0. The van der Waals surface area contributed by atoms with E-state index < -0.39 is 11.3 Å². The van der Waals surface area contributed by atoms with E-state index in [1.807, 2.05) is 63.2 Å². The number of carbonyl (C=O) groups excluding carboxylic acids is 1. The van der Waals surface area contributed by atoms with E-state index in [0.717, 1.165) is 22.4 Å². The summed E-state index contributed by atoms with van der Waals surface area (Å²) in [5.74, 6) is -0.518. The van der Waals surface area contributed by atoms with Gasteiger partial charge < -0.3 is 5.32 Å². The number of carbonyl (C=O) groups is 1. The zero-order valence-corrected chi connectivity index (χ0v) is 14.4. The second-order valence-corrected chi connectivity index (χ2v) is 6.07. The summed E-state index contributed by atoms with van der Waals surface area (Å²) < 4.78 is 1.53. The Morgan fingerprint density at radius 3 is 2.52 bits per heavy atom. The number of anilines is 1. The average molecular weight is 333 g/mol. The predicted octanol–water partition coefficient (Wildman–Crippen LogP) is 3.41. The zero-order valence-electron chi connectivity index (χ0n) is 14.4. The molecule has 3 aromatic rings. The summed E-state index contributed by atoms with van der Waals surface area (Å²) in [6, 6.07) is 14.6. The molecule has 0 bridgehead atoms. The molecule has 1 aromatic heterocycles. The normalized spacial score (nSPS) is 10.5. The minimum atomic E-state index is -0.518. The Balaban J connectivity index is 1.93. The van der Waals surface area contributed by atoms with Crippen molar-refractivity contribution in [3.8, 4) is 5.69 Å². The largest absolute Gasteiger partial charge is 0.320 e. The lowest BCUT2D eigenvalue weighted by Gasteiger charge is -2.09. The Morgan fingerprint density at radius 2 is 1.80 bits per heavy atom. The van der Waals surface area contributed by atoms with E-state index in [0.29, 0.717) is 5.69 Å². The van der Waals surface area contributed by atoms with Crippen molar-refractivity contribution in [1.29, 1.82) is 0 Å². The van der Waals surface area contributed by atoms with Crippen LogP contribution in [0.3, 0.4) is 0 Å². The third-order valence-electron chi connectivity index (χ3n) is 4.05. The molecule has 0 saturated heterocycles. The van der Waals surface area contributed by atoms with Crippen molar-refractivity contribution >= 4 is 11.6 Å². The second kappa shape index (κ2) is 6.73. The summed E-state index contributed by atoms with van der Waals surface area (Å²) in [4.78, 5) is 24.6. The summed E-state index contributed by atoms with van der Waals surface area (Å²) >= 11 is 0. The van der Waals surface area contributed by atoms with Crippen LogP contribution in [0.2, 0.25) is 0 Å².